The first kappa shape index (κ1) is 19.7. The van der Waals surface area contributed by atoms with Gasteiger partial charge < -0.3 is 20.1 Å². The molecule has 2 N–H and O–H groups in total. The van der Waals surface area contributed by atoms with Crippen molar-refractivity contribution in [2.45, 2.75) is 40.0 Å². The van der Waals surface area contributed by atoms with E-state index < -0.39 is 0 Å². The van der Waals surface area contributed by atoms with E-state index in [2.05, 4.69) is 39.2 Å². The Balaban J connectivity index is 1.49. The smallest absolute Gasteiger partial charge is 0.272 e. The molecule has 6 nitrogen and oxygen atoms in total. The molecule has 2 aliphatic rings. The van der Waals surface area contributed by atoms with Gasteiger partial charge in [-0.15, -0.1) is 0 Å². The molecule has 4 rings (SSSR count). The Morgan fingerprint density at radius 2 is 1.90 bits per heavy atom. The van der Waals surface area contributed by atoms with E-state index >= 15 is 0 Å². The number of likely N-dealkylation sites (N-methyl/N-ethyl adjacent to an activating group) is 1. The number of amides is 1. The van der Waals surface area contributed by atoms with Crippen molar-refractivity contribution >= 4 is 23.1 Å². The number of hydrogen-bond donors (Lipinski definition) is 2. The summed E-state index contributed by atoms with van der Waals surface area (Å²) in [5.41, 5.74) is 5.95. The number of carbonyl (C=O) groups excluding carboxylic acids is 2. The Hall–Kier alpha value is -2.60. The number of Topliss-reactive ketones (excluding diaryl/α,β-unsaturated/α-hetero) is 1. The van der Waals surface area contributed by atoms with E-state index in [1.54, 1.807) is 0 Å². The molecule has 154 valence electrons. The van der Waals surface area contributed by atoms with Crippen molar-refractivity contribution < 1.29 is 9.59 Å². The fourth-order valence-electron chi connectivity index (χ4n) is 4.49. The van der Waals surface area contributed by atoms with Gasteiger partial charge in [-0.25, -0.2) is 0 Å². The molecule has 6 heteroatoms. The van der Waals surface area contributed by atoms with Gasteiger partial charge in [0, 0.05) is 55.2 Å². The molecular formula is C23H30N4O2. The molecule has 1 amide bonds. The Morgan fingerprint density at radius 3 is 2.55 bits per heavy atom. The number of H-pyrrole nitrogens is 1. The van der Waals surface area contributed by atoms with Gasteiger partial charge in [0.2, 0.25) is 0 Å². The molecule has 0 radical (unpaired) electrons. The summed E-state index contributed by atoms with van der Waals surface area (Å²) in [7, 11) is 0. The molecule has 0 spiro atoms. The maximum atomic E-state index is 12.9. The Labute approximate surface area is 172 Å². The number of benzene rings is 1. The van der Waals surface area contributed by atoms with Crippen LogP contribution in [-0.4, -0.2) is 54.3 Å². The van der Waals surface area contributed by atoms with Gasteiger partial charge in [0.1, 0.15) is 5.69 Å². The van der Waals surface area contributed by atoms with E-state index in [-0.39, 0.29) is 11.7 Å². The summed E-state index contributed by atoms with van der Waals surface area (Å²) in [4.78, 5) is 33.2. The second-order valence-electron chi connectivity index (χ2n) is 8.13. The average molecular weight is 395 g/mol. The number of aromatic amines is 1. The number of nitrogens with zero attached hydrogens (tertiary/aromatic N) is 2. The normalized spacial score (nSPS) is 17.3. The van der Waals surface area contributed by atoms with Crippen molar-refractivity contribution in [3.63, 3.8) is 0 Å². The lowest BCUT2D eigenvalue weighted by Crippen LogP contribution is -2.46. The number of nitrogens with one attached hydrogen (secondary N) is 2. The lowest BCUT2D eigenvalue weighted by molar-refractivity contribution is 0.0971. The van der Waals surface area contributed by atoms with Gasteiger partial charge in [0.05, 0.1) is 0 Å². The molecule has 29 heavy (non-hydrogen) atoms. The van der Waals surface area contributed by atoms with Gasteiger partial charge in [-0.1, -0.05) is 6.92 Å². The molecule has 1 aromatic carbocycles. The summed E-state index contributed by atoms with van der Waals surface area (Å²) in [6, 6.07) is 6.21. The molecule has 2 heterocycles. The van der Waals surface area contributed by atoms with Gasteiger partial charge in [-0.2, -0.15) is 0 Å². The van der Waals surface area contributed by atoms with Crippen molar-refractivity contribution in [3.05, 3.63) is 46.3 Å². The van der Waals surface area contributed by atoms with Crippen LogP contribution < -0.4 is 10.2 Å². The summed E-state index contributed by atoms with van der Waals surface area (Å²) in [5, 5.41) is 3.03. The predicted octanol–water partition coefficient (Wildman–Crippen LogP) is 3.54. The fourth-order valence-corrected chi connectivity index (χ4v) is 4.49. The van der Waals surface area contributed by atoms with E-state index in [1.165, 1.54) is 5.69 Å². The fraction of sp³-hybridized carbons (Fsp3) is 0.478. The third kappa shape index (κ3) is 3.81. The highest BCUT2D eigenvalue weighted by atomic mass is 16.2. The number of aromatic nitrogens is 1. The maximum Gasteiger partial charge on any atom is 0.272 e. The lowest BCUT2D eigenvalue weighted by Gasteiger charge is -2.35. The highest BCUT2D eigenvalue weighted by Crippen LogP contribution is 2.28. The minimum atomic E-state index is -0.183. The third-order valence-electron chi connectivity index (χ3n) is 6.31. The zero-order chi connectivity index (χ0) is 20.5. The molecule has 1 fully saturated rings. The van der Waals surface area contributed by atoms with E-state index in [0.717, 1.165) is 73.6 Å². The van der Waals surface area contributed by atoms with Crippen LogP contribution in [0, 0.1) is 13.8 Å². The summed E-state index contributed by atoms with van der Waals surface area (Å²) in [6.07, 6.45) is 2.24. The number of piperazine rings is 1. The molecule has 0 saturated carbocycles. The maximum absolute atomic E-state index is 12.9. The molecular weight excluding hydrogens is 364 g/mol. The lowest BCUT2D eigenvalue weighted by atomic mass is 9.94. The van der Waals surface area contributed by atoms with Crippen molar-refractivity contribution in [1.82, 2.24) is 9.88 Å². The number of ketones is 1. The zero-order valence-electron chi connectivity index (χ0n) is 17.6. The summed E-state index contributed by atoms with van der Waals surface area (Å²) >= 11 is 0. The number of carbonyl (C=O) groups is 2. The van der Waals surface area contributed by atoms with Crippen LogP contribution in [-0.2, 0) is 6.42 Å². The van der Waals surface area contributed by atoms with Crippen molar-refractivity contribution in [2.24, 2.45) is 0 Å². The van der Waals surface area contributed by atoms with Crippen LogP contribution in [0.15, 0.2) is 18.2 Å². The second kappa shape index (κ2) is 8.03. The highest BCUT2D eigenvalue weighted by Gasteiger charge is 2.26. The molecule has 1 aliphatic heterocycles. The summed E-state index contributed by atoms with van der Waals surface area (Å²) < 4.78 is 0. The standard InChI is InChI=1S/C23H30N4O2/c1-4-26-10-12-27(13-11-26)17-8-9-18(15(2)14-17)25-23(29)22-16(3)21-19(24-22)6-5-7-20(21)28/h8-9,14,24H,4-7,10-13H2,1-3H3,(H,25,29). The van der Waals surface area contributed by atoms with Crippen LogP contribution in [0.1, 0.15) is 57.4 Å². The van der Waals surface area contributed by atoms with E-state index in [9.17, 15) is 9.59 Å². The first-order valence-electron chi connectivity index (χ1n) is 10.6. The summed E-state index contributed by atoms with van der Waals surface area (Å²) in [5.74, 6) is -0.0418. The molecule has 1 saturated heterocycles. The predicted molar refractivity (Wildman–Crippen MR) is 116 cm³/mol. The van der Waals surface area contributed by atoms with Crippen molar-refractivity contribution in [3.8, 4) is 0 Å². The number of hydrogen-bond acceptors (Lipinski definition) is 4. The van der Waals surface area contributed by atoms with Crippen LogP contribution in [0.3, 0.4) is 0 Å². The molecule has 1 aromatic heterocycles. The van der Waals surface area contributed by atoms with Gasteiger partial charge in [-0.3, -0.25) is 9.59 Å². The molecule has 0 unspecified atom stereocenters. The number of anilines is 2. The second-order valence-corrected chi connectivity index (χ2v) is 8.13. The molecule has 0 atom stereocenters. The first-order valence-corrected chi connectivity index (χ1v) is 10.6. The van der Waals surface area contributed by atoms with Crippen LogP contribution in [0.25, 0.3) is 0 Å². The van der Waals surface area contributed by atoms with Crippen LogP contribution in [0.5, 0.6) is 0 Å². The molecule has 0 bridgehead atoms. The zero-order valence-corrected chi connectivity index (χ0v) is 17.6. The average Bonchev–Trinajstić information content (AvgIpc) is 3.07. The minimum Gasteiger partial charge on any atom is -0.369 e. The Bertz CT molecular complexity index is 939. The third-order valence-corrected chi connectivity index (χ3v) is 6.31. The molecule has 1 aliphatic carbocycles. The van der Waals surface area contributed by atoms with Gasteiger partial charge >= 0.3 is 0 Å². The van der Waals surface area contributed by atoms with Gasteiger partial charge in [0.25, 0.3) is 5.91 Å². The van der Waals surface area contributed by atoms with Gasteiger partial charge in [-0.05, 0) is 62.6 Å². The summed E-state index contributed by atoms with van der Waals surface area (Å²) in [6.45, 7) is 11.4. The van der Waals surface area contributed by atoms with Crippen LogP contribution >= 0.6 is 0 Å². The Kier molecular flexibility index (Phi) is 5.46. The molecule has 2 aromatic rings. The van der Waals surface area contributed by atoms with Crippen LogP contribution in [0.2, 0.25) is 0 Å². The largest absolute Gasteiger partial charge is 0.369 e. The quantitative estimate of drug-likeness (QED) is 0.832. The first-order chi connectivity index (χ1) is 14.0. The SMILES string of the molecule is CCN1CCN(c2ccc(NC(=O)c3[nH]c4c(c3C)C(=O)CCC4)c(C)c2)CC1. The van der Waals surface area contributed by atoms with Crippen molar-refractivity contribution in [1.29, 1.82) is 0 Å². The number of fused-ring (bicyclic) bond motifs is 1. The van der Waals surface area contributed by atoms with Crippen molar-refractivity contribution in [2.75, 3.05) is 42.9 Å². The van der Waals surface area contributed by atoms with Gasteiger partial charge in [0.15, 0.2) is 5.78 Å². The number of rotatable bonds is 4. The Morgan fingerprint density at radius 1 is 1.14 bits per heavy atom. The monoisotopic (exact) mass is 394 g/mol. The topological polar surface area (TPSA) is 68.4 Å². The highest BCUT2D eigenvalue weighted by molar-refractivity contribution is 6.08. The van der Waals surface area contributed by atoms with E-state index in [0.29, 0.717) is 12.1 Å². The van der Waals surface area contributed by atoms with E-state index in [1.807, 2.05) is 19.9 Å². The van der Waals surface area contributed by atoms with Crippen LogP contribution in [0.4, 0.5) is 11.4 Å². The van der Waals surface area contributed by atoms with E-state index in [4.69, 9.17) is 0 Å². The minimum absolute atomic E-state index is 0.141. The number of aryl methyl sites for hydroxylation is 2.